The monoisotopic (exact) mass is 257 g/mol. The highest BCUT2D eigenvalue weighted by Crippen LogP contribution is 2.19. The van der Waals surface area contributed by atoms with Crippen molar-refractivity contribution in [3.8, 4) is 0 Å². The van der Waals surface area contributed by atoms with E-state index in [2.05, 4.69) is 5.32 Å². The van der Waals surface area contributed by atoms with Crippen LogP contribution in [0.2, 0.25) is 5.02 Å². The summed E-state index contributed by atoms with van der Waals surface area (Å²) in [5, 5.41) is 13.1. The van der Waals surface area contributed by atoms with E-state index in [1.54, 1.807) is 12.1 Å². The number of hydrogen-bond acceptors (Lipinski definition) is 2. The van der Waals surface area contributed by atoms with E-state index in [1.165, 1.54) is 6.07 Å². The molecule has 2 rings (SSSR count). The molecule has 1 aliphatic rings. The minimum Gasteiger partial charge on any atom is -0.393 e. The van der Waals surface area contributed by atoms with Gasteiger partial charge in [0, 0.05) is 23.2 Å². The van der Waals surface area contributed by atoms with Crippen LogP contribution in [0.4, 0.5) is 4.39 Å². The van der Waals surface area contributed by atoms with Crippen LogP contribution in [0.15, 0.2) is 18.2 Å². The molecule has 0 unspecified atom stereocenters. The van der Waals surface area contributed by atoms with Crippen molar-refractivity contribution in [1.29, 1.82) is 0 Å². The molecule has 1 saturated carbocycles. The van der Waals surface area contributed by atoms with E-state index in [0.29, 0.717) is 23.2 Å². The third-order valence-electron chi connectivity index (χ3n) is 3.29. The Bertz CT molecular complexity index is 378. The first kappa shape index (κ1) is 12.8. The minimum absolute atomic E-state index is 0.152. The predicted octanol–water partition coefficient (Wildman–Crippen LogP) is 2.87. The third kappa shape index (κ3) is 3.66. The summed E-state index contributed by atoms with van der Waals surface area (Å²) >= 11 is 5.69. The van der Waals surface area contributed by atoms with Crippen LogP contribution in [-0.4, -0.2) is 17.3 Å². The van der Waals surface area contributed by atoms with E-state index in [1.807, 2.05) is 0 Å². The molecule has 2 N–H and O–H groups in total. The Balaban J connectivity index is 1.85. The Morgan fingerprint density at radius 2 is 2.00 bits per heavy atom. The lowest BCUT2D eigenvalue weighted by atomic mass is 9.93. The van der Waals surface area contributed by atoms with Gasteiger partial charge in [0.1, 0.15) is 5.82 Å². The zero-order valence-corrected chi connectivity index (χ0v) is 10.4. The lowest BCUT2D eigenvalue weighted by Crippen LogP contribution is -2.34. The van der Waals surface area contributed by atoms with Gasteiger partial charge in [-0.15, -0.1) is 0 Å². The number of rotatable bonds is 3. The summed E-state index contributed by atoms with van der Waals surface area (Å²) in [5.41, 5.74) is 0.639. The number of benzene rings is 1. The summed E-state index contributed by atoms with van der Waals surface area (Å²) in [6.45, 7) is 0.518. The maximum Gasteiger partial charge on any atom is 0.129 e. The average molecular weight is 258 g/mol. The van der Waals surface area contributed by atoms with Gasteiger partial charge >= 0.3 is 0 Å². The zero-order valence-electron chi connectivity index (χ0n) is 9.63. The van der Waals surface area contributed by atoms with Crippen molar-refractivity contribution in [2.24, 2.45) is 0 Å². The fourth-order valence-corrected chi connectivity index (χ4v) is 2.36. The lowest BCUT2D eigenvalue weighted by Gasteiger charge is -2.26. The van der Waals surface area contributed by atoms with Crippen LogP contribution in [0.5, 0.6) is 0 Å². The molecule has 0 spiro atoms. The van der Waals surface area contributed by atoms with Gasteiger partial charge in [0.15, 0.2) is 0 Å². The van der Waals surface area contributed by atoms with E-state index < -0.39 is 0 Å². The van der Waals surface area contributed by atoms with Gasteiger partial charge in [0.25, 0.3) is 0 Å². The maximum absolute atomic E-state index is 13.5. The summed E-state index contributed by atoms with van der Waals surface area (Å²) in [7, 11) is 0. The molecular formula is C13H17ClFNO. The predicted molar refractivity (Wildman–Crippen MR) is 66.5 cm³/mol. The highest BCUT2D eigenvalue weighted by molar-refractivity contribution is 6.30. The molecule has 1 aromatic carbocycles. The van der Waals surface area contributed by atoms with Crippen molar-refractivity contribution in [3.05, 3.63) is 34.6 Å². The van der Waals surface area contributed by atoms with Gasteiger partial charge < -0.3 is 10.4 Å². The van der Waals surface area contributed by atoms with Crippen LogP contribution >= 0.6 is 11.6 Å². The maximum atomic E-state index is 13.5. The molecule has 0 heterocycles. The first-order valence-electron chi connectivity index (χ1n) is 6.00. The summed E-state index contributed by atoms with van der Waals surface area (Å²) in [4.78, 5) is 0. The van der Waals surface area contributed by atoms with Crippen LogP contribution in [0.1, 0.15) is 31.2 Å². The van der Waals surface area contributed by atoms with E-state index in [4.69, 9.17) is 11.6 Å². The van der Waals surface area contributed by atoms with E-state index >= 15 is 0 Å². The van der Waals surface area contributed by atoms with Crippen LogP contribution < -0.4 is 5.32 Å². The summed E-state index contributed by atoms with van der Waals surface area (Å²) in [5.74, 6) is -0.263. The van der Waals surface area contributed by atoms with Crippen molar-refractivity contribution in [1.82, 2.24) is 5.32 Å². The van der Waals surface area contributed by atoms with Gasteiger partial charge in [0.2, 0.25) is 0 Å². The largest absolute Gasteiger partial charge is 0.393 e. The first-order valence-corrected chi connectivity index (χ1v) is 6.38. The highest BCUT2D eigenvalue weighted by Gasteiger charge is 2.18. The van der Waals surface area contributed by atoms with Crippen LogP contribution in [0.25, 0.3) is 0 Å². The topological polar surface area (TPSA) is 32.3 Å². The van der Waals surface area contributed by atoms with Crippen LogP contribution in [0, 0.1) is 5.82 Å². The lowest BCUT2D eigenvalue weighted by molar-refractivity contribution is 0.116. The van der Waals surface area contributed by atoms with Gasteiger partial charge in [-0.2, -0.15) is 0 Å². The molecule has 94 valence electrons. The van der Waals surface area contributed by atoms with Crippen molar-refractivity contribution in [2.45, 2.75) is 44.4 Å². The molecule has 0 bridgehead atoms. The molecule has 1 aliphatic carbocycles. The molecule has 0 saturated heterocycles. The van der Waals surface area contributed by atoms with Crippen molar-refractivity contribution in [3.63, 3.8) is 0 Å². The van der Waals surface area contributed by atoms with E-state index in [9.17, 15) is 9.50 Å². The summed E-state index contributed by atoms with van der Waals surface area (Å²) in [6, 6.07) is 5.13. The molecule has 17 heavy (non-hydrogen) atoms. The number of hydrogen-bond donors (Lipinski definition) is 2. The van der Waals surface area contributed by atoms with Crippen LogP contribution in [0.3, 0.4) is 0 Å². The molecule has 0 atom stereocenters. The summed E-state index contributed by atoms with van der Waals surface area (Å²) < 4.78 is 13.5. The summed E-state index contributed by atoms with van der Waals surface area (Å²) in [6.07, 6.45) is 3.43. The van der Waals surface area contributed by atoms with Gasteiger partial charge in [-0.25, -0.2) is 4.39 Å². The second-order valence-corrected chi connectivity index (χ2v) is 5.06. The Hall–Kier alpha value is -0.640. The third-order valence-corrected chi connectivity index (χ3v) is 3.53. The van der Waals surface area contributed by atoms with Crippen molar-refractivity contribution in [2.75, 3.05) is 0 Å². The fraction of sp³-hybridized carbons (Fsp3) is 0.538. The normalized spacial score (nSPS) is 24.9. The second-order valence-electron chi connectivity index (χ2n) is 4.62. The fourth-order valence-electron chi connectivity index (χ4n) is 2.20. The SMILES string of the molecule is OC1CCC(NCc2ccc(Cl)cc2F)CC1. The van der Waals surface area contributed by atoms with E-state index in [0.717, 1.165) is 25.7 Å². The van der Waals surface area contributed by atoms with Gasteiger partial charge in [-0.3, -0.25) is 0 Å². The smallest absolute Gasteiger partial charge is 0.129 e. The first-order chi connectivity index (χ1) is 8.15. The molecule has 0 amide bonds. The molecular weight excluding hydrogens is 241 g/mol. The molecule has 0 radical (unpaired) electrons. The Kier molecular flexibility index (Phi) is 4.37. The molecule has 1 fully saturated rings. The molecule has 0 aromatic heterocycles. The van der Waals surface area contributed by atoms with Crippen molar-refractivity contribution < 1.29 is 9.50 Å². The molecule has 4 heteroatoms. The van der Waals surface area contributed by atoms with Gasteiger partial charge in [-0.1, -0.05) is 17.7 Å². The van der Waals surface area contributed by atoms with Crippen molar-refractivity contribution >= 4 is 11.6 Å². The number of aliphatic hydroxyl groups is 1. The quantitative estimate of drug-likeness (QED) is 0.873. The molecule has 2 nitrogen and oxygen atoms in total. The molecule has 1 aromatic rings. The average Bonchev–Trinajstić information content (AvgIpc) is 2.30. The van der Waals surface area contributed by atoms with Crippen LogP contribution in [-0.2, 0) is 6.54 Å². The minimum atomic E-state index is -0.263. The van der Waals surface area contributed by atoms with Gasteiger partial charge in [0.05, 0.1) is 6.10 Å². The Morgan fingerprint density at radius 1 is 1.29 bits per heavy atom. The number of aliphatic hydroxyl groups excluding tert-OH is 1. The standard InChI is InChI=1S/C13H17ClFNO/c14-10-2-1-9(13(15)7-10)8-16-11-3-5-12(17)6-4-11/h1-2,7,11-12,16-17H,3-6,8H2. The highest BCUT2D eigenvalue weighted by atomic mass is 35.5. The Morgan fingerprint density at radius 3 is 2.65 bits per heavy atom. The molecule has 0 aliphatic heterocycles. The second kappa shape index (κ2) is 5.80. The van der Waals surface area contributed by atoms with Gasteiger partial charge in [-0.05, 0) is 37.8 Å². The Labute approximate surface area is 106 Å². The number of halogens is 2. The van der Waals surface area contributed by atoms with E-state index in [-0.39, 0.29) is 11.9 Å². The number of nitrogens with one attached hydrogen (secondary N) is 1. The zero-order chi connectivity index (χ0) is 12.3.